The molecule has 0 saturated heterocycles. The van der Waals surface area contributed by atoms with Gasteiger partial charge in [-0.1, -0.05) is 6.42 Å². The molecular weight excluding hydrogens is 264 g/mol. The molecule has 0 bridgehead atoms. The number of nitrogens with zero attached hydrogens (tertiary/aromatic N) is 1. The van der Waals surface area contributed by atoms with Gasteiger partial charge in [-0.2, -0.15) is 0 Å². The molecule has 0 heterocycles. The van der Waals surface area contributed by atoms with E-state index in [2.05, 4.69) is 17.1 Å². The number of methoxy groups -OCH3 is 1. The lowest BCUT2D eigenvalue weighted by Gasteiger charge is -2.36. The van der Waals surface area contributed by atoms with Crippen LogP contribution in [0, 0.1) is 11.8 Å². The Hall–Kier alpha value is -0.160. The van der Waals surface area contributed by atoms with Crippen molar-refractivity contribution in [2.75, 3.05) is 40.5 Å². The summed E-state index contributed by atoms with van der Waals surface area (Å²) in [6.07, 6.45) is 7.57. The zero-order chi connectivity index (χ0) is 15.3. The maximum Gasteiger partial charge on any atom is 0.0615 e. The Kier molecular flexibility index (Phi) is 6.48. The van der Waals surface area contributed by atoms with Crippen molar-refractivity contribution in [2.24, 2.45) is 11.8 Å². The molecule has 3 unspecified atom stereocenters. The first-order valence-corrected chi connectivity index (χ1v) is 8.69. The van der Waals surface area contributed by atoms with Gasteiger partial charge in [0.15, 0.2) is 0 Å². The Morgan fingerprint density at radius 1 is 1.33 bits per heavy atom. The highest BCUT2D eigenvalue weighted by Gasteiger charge is 2.41. The molecule has 0 radical (unpaired) electrons. The van der Waals surface area contributed by atoms with E-state index < -0.39 is 0 Å². The fourth-order valence-corrected chi connectivity index (χ4v) is 4.11. The summed E-state index contributed by atoms with van der Waals surface area (Å²) in [7, 11) is 3.79. The number of aliphatic hydroxyl groups excluding tert-OH is 1. The minimum atomic E-state index is -0.0320. The summed E-state index contributed by atoms with van der Waals surface area (Å²) in [6.45, 7) is 5.63. The predicted octanol–water partition coefficient (Wildman–Crippen LogP) is 1.87. The van der Waals surface area contributed by atoms with Gasteiger partial charge < -0.3 is 15.2 Å². The van der Waals surface area contributed by atoms with E-state index in [0.717, 1.165) is 32.0 Å². The summed E-state index contributed by atoms with van der Waals surface area (Å²) >= 11 is 0. The van der Waals surface area contributed by atoms with Crippen LogP contribution in [0.2, 0.25) is 0 Å². The number of hydrogen-bond donors (Lipinski definition) is 2. The first-order valence-electron chi connectivity index (χ1n) is 8.69. The van der Waals surface area contributed by atoms with Gasteiger partial charge in [0, 0.05) is 25.2 Å². The molecule has 0 aromatic carbocycles. The van der Waals surface area contributed by atoms with Crippen LogP contribution in [0.25, 0.3) is 0 Å². The Morgan fingerprint density at radius 3 is 2.67 bits per heavy atom. The van der Waals surface area contributed by atoms with Gasteiger partial charge in [0.25, 0.3) is 0 Å². The van der Waals surface area contributed by atoms with Gasteiger partial charge in [0.2, 0.25) is 0 Å². The first-order chi connectivity index (χ1) is 10.2. The summed E-state index contributed by atoms with van der Waals surface area (Å²) in [6, 6.07) is 0.680. The third-order valence-corrected chi connectivity index (χ3v) is 5.96. The summed E-state index contributed by atoms with van der Waals surface area (Å²) in [5, 5.41) is 13.2. The monoisotopic (exact) mass is 298 g/mol. The second kappa shape index (κ2) is 7.91. The Bertz CT molecular complexity index is 303. The van der Waals surface area contributed by atoms with Crippen molar-refractivity contribution in [1.82, 2.24) is 10.2 Å². The number of hydrogen-bond acceptors (Lipinski definition) is 4. The fraction of sp³-hybridized carbons (Fsp3) is 1.00. The lowest BCUT2D eigenvalue weighted by molar-refractivity contribution is 0.0907. The van der Waals surface area contributed by atoms with E-state index in [-0.39, 0.29) is 12.1 Å². The van der Waals surface area contributed by atoms with Crippen molar-refractivity contribution in [1.29, 1.82) is 0 Å². The average Bonchev–Trinajstić information content (AvgIpc) is 3.28. The predicted molar refractivity (Wildman–Crippen MR) is 86.5 cm³/mol. The highest BCUT2D eigenvalue weighted by molar-refractivity contribution is 4.98. The number of likely N-dealkylation sites (N-methyl/N-ethyl adjacent to an activating group) is 1. The van der Waals surface area contributed by atoms with Gasteiger partial charge in [-0.15, -0.1) is 0 Å². The van der Waals surface area contributed by atoms with Gasteiger partial charge in [0.1, 0.15) is 0 Å². The lowest BCUT2D eigenvalue weighted by Crippen LogP contribution is -2.50. The molecular formula is C17H34N2O2. The lowest BCUT2D eigenvalue weighted by atomic mass is 9.85. The van der Waals surface area contributed by atoms with Crippen LogP contribution in [0.5, 0.6) is 0 Å². The van der Waals surface area contributed by atoms with Gasteiger partial charge in [0.05, 0.1) is 13.2 Å². The van der Waals surface area contributed by atoms with Crippen LogP contribution < -0.4 is 5.32 Å². The highest BCUT2D eigenvalue weighted by atomic mass is 16.5. The summed E-state index contributed by atoms with van der Waals surface area (Å²) < 4.78 is 5.28. The SMILES string of the molecule is CNC1(CO)CCCC1CCN(CCOC)C(C)C1CC1. The van der Waals surface area contributed by atoms with Crippen molar-refractivity contribution in [3.63, 3.8) is 0 Å². The molecule has 3 atom stereocenters. The molecule has 2 fully saturated rings. The van der Waals surface area contributed by atoms with Crippen LogP contribution in [0.15, 0.2) is 0 Å². The van der Waals surface area contributed by atoms with Crippen molar-refractivity contribution in [3.8, 4) is 0 Å². The Balaban J connectivity index is 1.87. The van der Waals surface area contributed by atoms with E-state index in [0.29, 0.717) is 12.0 Å². The topological polar surface area (TPSA) is 44.7 Å². The third-order valence-electron chi connectivity index (χ3n) is 5.96. The second-order valence-corrected chi connectivity index (χ2v) is 7.05. The van der Waals surface area contributed by atoms with Gasteiger partial charge >= 0.3 is 0 Å². The van der Waals surface area contributed by atoms with E-state index in [4.69, 9.17) is 4.74 Å². The maximum absolute atomic E-state index is 9.80. The molecule has 4 heteroatoms. The normalized spacial score (nSPS) is 31.0. The molecule has 124 valence electrons. The van der Waals surface area contributed by atoms with Crippen LogP contribution in [-0.4, -0.2) is 62.0 Å². The summed E-state index contributed by atoms with van der Waals surface area (Å²) in [5.41, 5.74) is -0.0320. The standard InChI is InChI=1S/C17H34N2O2/c1-14(15-6-7-15)19(11-12-21-3)10-8-16-5-4-9-17(16,13-20)18-2/h14-16,18,20H,4-13H2,1-3H3. The zero-order valence-electron chi connectivity index (χ0n) is 14.1. The quantitative estimate of drug-likeness (QED) is 0.646. The van der Waals surface area contributed by atoms with E-state index in [1.54, 1.807) is 7.11 Å². The largest absolute Gasteiger partial charge is 0.394 e. The molecule has 0 aromatic rings. The van der Waals surface area contributed by atoms with Crippen molar-refractivity contribution < 1.29 is 9.84 Å². The molecule has 2 aliphatic carbocycles. The molecule has 2 N–H and O–H groups in total. The summed E-state index contributed by atoms with van der Waals surface area (Å²) in [4.78, 5) is 2.61. The Morgan fingerprint density at radius 2 is 2.10 bits per heavy atom. The molecule has 21 heavy (non-hydrogen) atoms. The van der Waals surface area contributed by atoms with Gasteiger partial charge in [-0.05, 0) is 64.5 Å². The van der Waals surface area contributed by atoms with Crippen molar-refractivity contribution in [3.05, 3.63) is 0 Å². The molecule has 0 amide bonds. The highest BCUT2D eigenvalue weighted by Crippen LogP contribution is 2.39. The minimum absolute atomic E-state index is 0.0320. The first kappa shape index (κ1) is 17.2. The van der Waals surface area contributed by atoms with Crippen LogP contribution in [0.4, 0.5) is 0 Å². The third kappa shape index (κ3) is 4.19. The van der Waals surface area contributed by atoms with Crippen molar-refractivity contribution in [2.45, 2.75) is 57.0 Å². The number of ether oxygens (including phenoxy) is 1. The number of nitrogens with one attached hydrogen (secondary N) is 1. The second-order valence-electron chi connectivity index (χ2n) is 7.05. The van der Waals surface area contributed by atoms with Crippen LogP contribution in [0.3, 0.4) is 0 Å². The van der Waals surface area contributed by atoms with E-state index in [9.17, 15) is 5.11 Å². The maximum atomic E-state index is 9.80. The van der Waals surface area contributed by atoms with E-state index in [1.807, 2.05) is 7.05 Å². The van der Waals surface area contributed by atoms with Crippen LogP contribution in [0.1, 0.15) is 45.4 Å². The van der Waals surface area contributed by atoms with Gasteiger partial charge in [-0.25, -0.2) is 0 Å². The molecule has 2 saturated carbocycles. The minimum Gasteiger partial charge on any atom is -0.394 e. The van der Waals surface area contributed by atoms with Crippen LogP contribution >= 0.6 is 0 Å². The number of rotatable bonds is 10. The van der Waals surface area contributed by atoms with E-state index in [1.165, 1.54) is 32.1 Å². The van der Waals surface area contributed by atoms with Gasteiger partial charge in [-0.3, -0.25) is 4.90 Å². The number of aliphatic hydroxyl groups is 1. The molecule has 0 aromatic heterocycles. The zero-order valence-corrected chi connectivity index (χ0v) is 14.1. The van der Waals surface area contributed by atoms with E-state index >= 15 is 0 Å². The molecule has 4 nitrogen and oxygen atoms in total. The molecule has 2 aliphatic rings. The Labute approximate surface area is 130 Å². The van der Waals surface area contributed by atoms with Crippen molar-refractivity contribution >= 4 is 0 Å². The smallest absolute Gasteiger partial charge is 0.0615 e. The fourth-order valence-electron chi connectivity index (χ4n) is 4.11. The van der Waals surface area contributed by atoms with Crippen LogP contribution in [-0.2, 0) is 4.74 Å². The molecule has 0 spiro atoms. The molecule has 0 aliphatic heterocycles. The summed E-state index contributed by atoms with van der Waals surface area (Å²) in [5.74, 6) is 1.50. The average molecular weight is 298 g/mol. The molecule has 2 rings (SSSR count).